The molecular weight excluding hydrogens is 529 g/mol. The molecule has 12 heteroatoms. The molecule has 38 heavy (non-hydrogen) atoms. The van der Waals surface area contributed by atoms with Gasteiger partial charge in [0.15, 0.2) is 0 Å². The minimum absolute atomic E-state index is 0.00630. The van der Waals surface area contributed by atoms with E-state index in [-0.39, 0.29) is 28.7 Å². The van der Waals surface area contributed by atoms with Gasteiger partial charge in [0.05, 0.1) is 17.0 Å². The van der Waals surface area contributed by atoms with Gasteiger partial charge in [-0.2, -0.15) is 5.26 Å². The quantitative estimate of drug-likeness (QED) is 0.407. The van der Waals surface area contributed by atoms with E-state index in [0.717, 1.165) is 11.8 Å². The Hall–Kier alpha value is -3.69. The van der Waals surface area contributed by atoms with Crippen LogP contribution in [-0.4, -0.2) is 63.5 Å². The number of aliphatic carboxylic acids is 1. The molecule has 3 heterocycles. The Bertz CT molecular complexity index is 1440. The molecule has 1 aromatic heterocycles. The molecule has 2 aromatic rings. The second kappa shape index (κ2) is 11.4. The highest BCUT2D eigenvalue weighted by Gasteiger charge is 2.34. The van der Waals surface area contributed by atoms with Gasteiger partial charge >= 0.3 is 5.97 Å². The van der Waals surface area contributed by atoms with Crippen LogP contribution >= 0.6 is 24.0 Å². The number of benzene rings is 1. The zero-order valence-corrected chi connectivity index (χ0v) is 22.6. The summed E-state index contributed by atoms with van der Waals surface area (Å²) in [6.45, 7) is 5.74. The lowest BCUT2D eigenvalue weighted by Crippen LogP contribution is -2.49. The molecule has 4 rings (SSSR count). The predicted octanol–water partition coefficient (Wildman–Crippen LogP) is 3.19. The van der Waals surface area contributed by atoms with Gasteiger partial charge in [0.2, 0.25) is 0 Å². The van der Waals surface area contributed by atoms with Gasteiger partial charge in [-0.3, -0.25) is 23.9 Å². The fourth-order valence-electron chi connectivity index (χ4n) is 4.68. The second-order valence-electron chi connectivity index (χ2n) is 8.80. The van der Waals surface area contributed by atoms with Gasteiger partial charge in [0.1, 0.15) is 27.6 Å². The minimum atomic E-state index is -1.04. The van der Waals surface area contributed by atoms with E-state index >= 15 is 0 Å². The predicted molar refractivity (Wildman–Crippen MR) is 149 cm³/mol. The normalized spacial score (nSPS) is 16.9. The van der Waals surface area contributed by atoms with Crippen molar-refractivity contribution in [1.29, 1.82) is 5.26 Å². The molecule has 0 unspecified atom stereocenters. The Kier molecular flexibility index (Phi) is 8.18. The van der Waals surface area contributed by atoms with Crippen LogP contribution in [0.3, 0.4) is 0 Å². The number of carboxylic acid groups (broad SMARTS) is 1. The van der Waals surface area contributed by atoms with Crippen molar-refractivity contribution >= 4 is 57.8 Å². The number of amides is 1. The molecule has 2 aliphatic heterocycles. The Balaban J connectivity index is 1.75. The van der Waals surface area contributed by atoms with Gasteiger partial charge in [-0.25, -0.2) is 4.39 Å². The van der Waals surface area contributed by atoms with Crippen molar-refractivity contribution < 1.29 is 19.1 Å². The topological polar surface area (TPSA) is 110 Å². The zero-order chi connectivity index (χ0) is 27.6. The number of piperazine rings is 1. The van der Waals surface area contributed by atoms with Crippen LogP contribution in [0, 0.1) is 24.1 Å². The lowest BCUT2D eigenvalue weighted by molar-refractivity contribution is -0.137. The van der Waals surface area contributed by atoms with E-state index in [1.165, 1.54) is 15.5 Å². The number of carbonyl (C=O) groups is 2. The first-order valence-corrected chi connectivity index (χ1v) is 13.3. The number of hydrogen-bond donors (Lipinski definition) is 1. The third-order valence-corrected chi connectivity index (χ3v) is 8.01. The van der Waals surface area contributed by atoms with Gasteiger partial charge in [0, 0.05) is 44.8 Å². The minimum Gasteiger partial charge on any atom is -0.481 e. The van der Waals surface area contributed by atoms with E-state index in [2.05, 4.69) is 0 Å². The molecule has 0 spiro atoms. The summed E-state index contributed by atoms with van der Waals surface area (Å²) in [6.07, 6.45) is 1.40. The third kappa shape index (κ3) is 5.16. The molecule has 1 aromatic carbocycles. The van der Waals surface area contributed by atoms with Crippen LogP contribution in [0.2, 0.25) is 0 Å². The van der Waals surface area contributed by atoms with Gasteiger partial charge in [-0.15, -0.1) is 0 Å². The average molecular weight is 556 g/mol. The number of thiocarbonyl (C=S) groups is 1. The number of anilines is 2. The molecule has 0 atom stereocenters. The number of para-hydroxylation sites is 1. The summed E-state index contributed by atoms with van der Waals surface area (Å²) in [6, 6.07) is 8.59. The first-order valence-electron chi connectivity index (χ1n) is 12.1. The molecule has 198 valence electrons. The maximum absolute atomic E-state index is 14.4. The van der Waals surface area contributed by atoms with Crippen LogP contribution in [0.4, 0.5) is 15.9 Å². The molecule has 1 N–H and O–H groups in total. The van der Waals surface area contributed by atoms with Crippen molar-refractivity contribution in [1.82, 2.24) is 9.47 Å². The van der Waals surface area contributed by atoms with Crippen molar-refractivity contribution in [3.63, 3.8) is 0 Å². The summed E-state index contributed by atoms with van der Waals surface area (Å²) in [7, 11) is 0. The summed E-state index contributed by atoms with van der Waals surface area (Å²) in [5.41, 5.74) is 1.10. The maximum Gasteiger partial charge on any atom is 0.305 e. The lowest BCUT2D eigenvalue weighted by atomic mass is 10.0. The van der Waals surface area contributed by atoms with Crippen molar-refractivity contribution in [2.45, 2.75) is 26.8 Å². The number of aromatic nitrogens is 1. The van der Waals surface area contributed by atoms with Crippen LogP contribution in [0.25, 0.3) is 6.08 Å². The average Bonchev–Trinajstić information content (AvgIpc) is 3.16. The largest absolute Gasteiger partial charge is 0.481 e. The number of thioether (sulfide) groups is 1. The van der Waals surface area contributed by atoms with Crippen LogP contribution < -0.4 is 15.4 Å². The highest BCUT2D eigenvalue weighted by Crippen LogP contribution is 2.36. The smallest absolute Gasteiger partial charge is 0.305 e. The standard InChI is InChI=1S/C26H26FN5O4S2/c1-3-31-23(30-12-10-29(11-13-30)20-7-5-4-6-19(20)27)17(16(2)18(15-28)24(31)35)14-21-25(36)32(26(37)38-21)9-8-22(33)34/h4-7,14H,3,8-13H2,1-2H3,(H,33,34). The van der Waals surface area contributed by atoms with E-state index in [9.17, 15) is 24.0 Å². The number of hydrogen-bond acceptors (Lipinski definition) is 8. The molecule has 2 saturated heterocycles. The number of pyridine rings is 1. The summed E-state index contributed by atoms with van der Waals surface area (Å²) < 4.78 is 16.2. The van der Waals surface area contributed by atoms with E-state index in [0.29, 0.717) is 60.3 Å². The van der Waals surface area contributed by atoms with Crippen molar-refractivity contribution in [2.75, 3.05) is 42.5 Å². The number of carbonyl (C=O) groups excluding carboxylic acids is 1. The third-order valence-electron chi connectivity index (χ3n) is 6.63. The van der Waals surface area contributed by atoms with Crippen LogP contribution in [0.5, 0.6) is 0 Å². The molecule has 0 aliphatic carbocycles. The Morgan fingerprint density at radius 2 is 1.87 bits per heavy atom. The molecule has 0 saturated carbocycles. The number of carboxylic acids is 1. The Labute approximate surface area is 228 Å². The number of halogens is 1. The SMILES string of the molecule is CCn1c(N2CCN(c3ccccc3F)CC2)c(C=C2SC(=S)N(CCC(=O)O)C2=O)c(C)c(C#N)c1=O. The zero-order valence-electron chi connectivity index (χ0n) is 20.9. The van der Waals surface area contributed by atoms with E-state index < -0.39 is 17.4 Å². The maximum atomic E-state index is 14.4. The van der Waals surface area contributed by atoms with Gasteiger partial charge < -0.3 is 14.9 Å². The summed E-state index contributed by atoms with van der Waals surface area (Å²) >= 11 is 6.38. The molecule has 1 amide bonds. The first-order chi connectivity index (χ1) is 18.2. The highest BCUT2D eigenvalue weighted by atomic mass is 32.2. The number of nitrogens with zero attached hydrogens (tertiary/aromatic N) is 5. The lowest BCUT2D eigenvalue weighted by Gasteiger charge is -2.39. The van der Waals surface area contributed by atoms with Crippen LogP contribution in [0.15, 0.2) is 34.0 Å². The van der Waals surface area contributed by atoms with Gasteiger partial charge in [0.25, 0.3) is 11.5 Å². The van der Waals surface area contributed by atoms with Crippen molar-refractivity contribution in [3.8, 4) is 6.07 Å². The summed E-state index contributed by atoms with van der Waals surface area (Å²) in [4.78, 5) is 42.9. The van der Waals surface area contributed by atoms with Gasteiger partial charge in [-0.1, -0.05) is 36.1 Å². The van der Waals surface area contributed by atoms with Crippen LogP contribution in [0.1, 0.15) is 30.0 Å². The molecule has 0 radical (unpaired) electrons. The fourth-order valence-corrected chi connectivity index (χ4v) is 5.97. The number of rotatable bonds is 7. The monoisotopic (exact) mass is 555 g/mol. The number of nitriles is 1. The first kappa shape index (κ1) is 27.3. The van der Waals surface area contributed by atoms with E-state index in [4.69, 9.17) is 17.3 Å². The molecule has 9 nitrogen and oxygen atoms in total. The van der Waals surface area contributed by atoms with Gasteiger partial charge in [-0.05, 0) is 37.6 Å². The molecular formula is C26H26FN5O4S2. The second-order valence-corrected chi connectivity index (χ2v) is 10.5. The van der Waals surface area contributed by atoms with E-state index in [1.54, 1.807) is 31.2 Å². The summed E-state index contributed by atoms with van der Waals surface area (Å²) in [5.74, 6) is -1.17. The highest BCUT2D eigenvalue weighted by molar-refractivity contribution is 8.26. The van der Waals surface area contributed by atoms with Crippen molar-refractivity contribution in [2.24, 2.45) is 0 Å². The van der Waals surface area contributed by atoms with E-state index in [1.807, 2.05) is 22.8 Å². The molecule has 2 fully saturated rings. The van der Waals surface area contributed by atoms with Crippen LogP contribution in [-0.2, 0) is 16.1 Å². The summed E-state index contributed by atoms with van der Waals surface area (Å²) in [5, 5.41) is 18.8. The Morgan fingerprint density at radius 1 is 1.21 bits per heavy atom. The molecule has 0 bridgehead atoms. The fraction of sp³-hybridized carbons (Fsp3) is 0.346. The molecule has 2 aliphatic rings. The van der Waals surface area contributed by atoms with Crippen molar-refractivity contribution in [3.05, 3.63) is 62.0 Å². The Morgan fingerprint density at radius 3 is 2.47 bits per heavy atom.